The van der Waals surface area contributed by atoms with Crippen LogP contribution in [-0.4, -0.2) is 30.0 Å². The van der Waals surface area contributed by atoms with E-state index in [1.54, 1.807) is 7.11 Å². The minimum Gasteiger partial charge on any atom is -0.496 e. The molecule has 0 aliphatic carbocycles. The number of ether oxygens (including phenoxy) is 1. The van der Waals surface area contributed by atoms with Crippen LogP contribution in [0.15, 0.2) is 84.9 Å². The molecule has 0 atom stereocenters. The van der Waals surface area contributed by atoms with Crippen LogP contribution in [0.5, 0.6) is 5.75 Å². The van der Waals surface area contributed by atoms with Gasteiger partial charge in [-0.2, -0.15) is 0 Å². The van der Waals surface area contributed by atoms with Gasteiger partial charge in [0.05, 0.1) is 13.3 Å². The molecule has 5 heteroatoms. The first kappa shape index (κ1) is 22.2. The van der Waals surface area contributed by atoms with Gasteiger partial charge in [-0.05, 0) is 52.2 Å². The molecule has 0 spiro atoms. The van der Waals surface area contributed by atoms with Crippen molar-refractivity contribution in [3.05, 3.63) is 112 Å². The summed E-state index contributed by atoms with van der Waals surface area (Å²) in [5, 5.41) is 3.97. The van der Waals surface area contributed by atoms with E-state index >= 15 is 0 Å². The molecule has 5 rings (SSSR count). The summed E-state index contributed by atoms with van der Waals surface area (Å²) in [5.41, 5.74) is 3.71. The molecule has 1 heterocycles. The van der Waals surface area contributed by atoms with Crippen LogP contribution >= 0.6 is 23.2 Å². The smallest absolute Gasteiger partial charge is 0.125 e. The maximum atomic E-state index is 6.13. The predicted molar refractivity (Wildman–Crippen MR) is 137 cm³/mol. The zero-order valence-electron chi connectivity index (χ0n) is 18.5. The lowest BCUT2D eigenvalue weighted by Gasteiger charge is -2.33. The second kappa shape index (κ2) is 9.74. The lowest BCUT2D eigenvalue weighted by molar-refractivity contribution is 0.124. The fraction of sp³-hybridized carbons (Fsp3) is 0.214. The summed E-state index contributed by atoms with van der Waals surface area (Å²) >= 11 is 12.3. The van der Waals surface area contributed by atoms with Crippen molar-refractivity contribution in [1.29, 1.82) is 0 Å². The van der Waals surface area contributed by atoms with Crippen LogP contribution in [0.2, 0.25) is 10.0 Å². The Kier molecular flexibility index (Phi) is 6.57. The molecule has 4 aromatic carbocycles. The number of methoxy groups -OCH3 is 1. The summed E-state index contributed by atoms with van der Waals surface area (Å²) < 4.78 is 5.91. The molecule has 0 radical (unpaired) electrons. The molecule has 33 heavy (non-hydrogen) atoms. The zero-order valence-corrected chi connectivity index (χ0v) is 20.1. The van der Waals surface area contributed by atoms with Gasteiger partial charge in [-0.3, -0.25) is 9.80 Å². The minimum atomic E-state index is 0.0809. The molecule has 0 bridgehead atoms. The maximum Gasteiger partial charge on any atom is 0.125 e. The highest BCUT2D eigenvalue weighted by Crippen LogP contribution is 2.41. The van der Waals surface area contributed by atoms with Crippen molar-refractivity contribution in [2.24, 2.45) is 0 Å². The highest BCUT2D eigenvalue weighted by atomic mass is 35.5. The van der Waals surface area contributed by atoms with E-state index in [9.17, 15) is 0 Å². The van der Waals surface area contributed by atoms with Crippen molar-refractivity contribution in [2.45, 2.75) is 19.3 Å². The SMILES string of the molecule is COc1ccc2ccccc2c1C1N(Cc2ccc(Cl)cc2)CCN1Cc1ccc(Cl)cc1. The molecule has 0 amide bonds. The van der Waals surface area contributed by atoms with Crippen molar-refractivity contribution in [3.8, 4) is 5.75 Å². The third-order valence-corrected chi connectivity index (χ3v) is 6.88. The highest BCUT2D eigenvalue weighted by molar-refractivity contribution is 6.30. The standard InChI is InChI=1S/C28H26Cl2N2O/c1-33-26-15-10-22-4-2-3-5-25(22)27(26)28-31(18-20-6-11-23(29)12-7-20)16-17-32(28)19-21-8-13-24(30)14-9-21/h2-15,28H,16-19H2,1H3. The summed E-state index contributed by atoms with van der Waals surface area (Å²) in [6.07, 6.45) is 0.0809. The Hall–Kier alpha value is -2.56. The van der Waals surface area contributed by atoms with Crippen LogP contribution in [0.4, 0.5) is 0 Å². The molecule has 0 unspecified atom stereocenters. The van der Waals surface area contributed by atoms with E-state index in [1.165, 1.54) is 27.5 Å². The Labute approximate surface area is 205 Å². The summed E-state index contributed by atoms with van der Waals surface area (Å²) in [6.45, 7) is 3.61. The normalized spacial score (nSPS) is 15.4. The number of rotatable bonds is 6. The van der Waals surface area contributed by atoms with Crippen LogP contribution in [0, 0.1) is 0 Å². The molecule has 1 fully saturated rings. The van der Waals surface area contributed by atoms with Crippen molar-refractivity contribution in [3.63, 3.8) is 0 Å². The van der Waals surface area contributed by atoms with Gasteiger partial charge in [0, 0.05) is 41.8 Å². The Morgan fingerprint density at radius 2 is 1.27 bits per heavy atom. The van der Waals surface area contributed by atoms with Crippen molar-refractivity contribution >= 4 is 34.0 Å². The lowest BCUT2D eigenvalue weighted by atomic mass is 9.99. The highest BCUT2D eigenvalue weighted by Gasteiger charge is 2.36. The van der Waals surface area contributed by atoms with Gasteiger partial charge in [0.15, 0.2) is 0 Å². The van der Waals surface area contributed by atoms with Gasteiger partial charge < -0.3 is 4.74 Å². The quantitative estimate of drug-likeness (QED) is 0.293. The van der Waals surface area contributed by atoms with Crippen molar-refractivity contribution in [1.82, 2.24) is 9.80 Å². The number of fused-ring (bicyclic) bond motifs is 1. The van der Waals surface area contributed by atoms with Gasteiger partial charge in [-0.1, -0.05) is 77.8 Å². The number of nitrogens with zero attached hydrogens (tertiary/aromatic N) is 2. The molecule has 1 aliphatic rings. The Balaban J connectivity index is 1.57. The number of hydrogen-bond acceptors (Lipinski definition) is 3. The van der Waals surface area contributed by atoms with Crippen LogP contribution in [-0.2, 0) is 13.1 Å². The van der Waals surface area contributed by atoms with E-state index in [1.807, 2.05) is 24.3 Å². The van der Waals surface area contributed by atoms with Gasteiger partial charge in [0.2, 0.25) is 0 Å². The lowest BCUT2D eigenvalue weighted by Crippen LogP contribution is -2.31. The van der Waals surface area contributed by atoms with Crippen LogP contribution in [0.25, 0.3) is 10.8 Å². The largest absolute Gasteiger partial charge is 0.496 e. The Bertz CT molecular complexity index is 1190. The second-order valence-electron chi connectivity index (χ2n) is 8.47. The topological polar surface area (TPSA) is 15.7 Å². The monoisotopic (exact) mass is 476 g/mol. The minimum absolute atomic E-state index is 0.0809. The summed E-state index contributed by atoms with van der Waals surface area (Å²) in [6, 6.07) is 29.1. The van der Waals surface area contributed by atoms with Crippen LogP contribution < -0.4 is 4.74 Å². The second-order valence-corrected chi connectivity index (χ2v) is 9.34. The van der Waals surface area contributed by atoms with Crippen molar-refractivity contribution < 1.29 is 4.74 Å². The first-order valence-corrected chi connectivity index (χ1v) is 11.9. The molecule has 0 N–H and O–H groups in total. The van der Waals surface area contributed by atoms with E-state index in [0.29, 0.717) is 0 Å². The maximum absolute atomic E-state index is 6.13. The average Bonchev–Trinajstić information content (AvgIpc) is 3.22. The molecule has 1 aliphatic heterocycles. The molecular weight excluding hydrogens is 451 g/mol. The van der Waals surface area contributed by atoms with Gasteiger partial charge in [0.1, 0.15) is 5.75 Å². The van der Waals surface area contributed by atoms with Crippen molar-refractivity contribution in [2.75, 3.05) is 20.2 Å². The van der Waals surface area contributed by atoms with Crippen LogP contribution in [0.3, 0.4) is 0 Å². The van der Waals surface area contributed by atoms with E-state index in [0.717, 1.165) is 42.0 Å². The Morgan fingerprint density at radius 1 is 0.727 bits per heavy atom. The molecule has 0 saturated carbocycles. The average molecular weight is 477 g/mol. The van der Waals surface area contributed by atoms with Gasteiger partial charge in [-0.25, -0.2) is 0 Å². The summed E-state index contributed by atoms with van der Waals surface area (Å²) in [7, 11) is 1.76. The van der Waals surface area contributed by atoms with E-state index in [2.05, 4.69) is 70.5 Å². The molecule has 0 aromatic heterocycles. The molecule has 168 valence electrons. The van der Waals surface area contributed by atoms with E-state index in [-0.39, 0.29) is 6.17 Å². The molecule has 1 saturated heterocycles. The predicted octanol–water partition coefficient (Wildman–Crippen LogP) is 7.17. The van der Waals surface area contributed by atoms with E-state index < -0.39 is 0 Å². The van der Waals surface area contributed by atoms with Crippen LogP contribution in [0.1, 0.15) is 22.9 Å². The fourth-order valence-corrected chi connectivity index (χ4v) is 5.05. The number of halogens is 2. The summed E-state index contributed by atoms with van der Waals surface area (Å²) in [4.78, 5) is 5.06. The third kappa shape index (κ3) is 4.73. The number of benzene rings is 4. The number of hydrogen-bond donors (Lipinski definition) is 0. The zero-order chi connectivity index (χ0) is 22.8. The Morgan fingerprint density at radius 3 is 1.82 bits per heavy atom. The first-order chi connectivity index (χ1) is 16.1. The summed E-state index contributed by atoms with van der Waals surface area (Å²) in [5.74, 6) is 0.919. The molecular formula is C28H26Cl2N2O. The first-order valence-electron chi connectivity index (χ1n) is 11.1. The fourth-order valence-electron chi connectivity index (χ4n) is 4.80. The van der Waals surface area contributed by atoms with Gasteiger partial charge in [-0.15, -0.1) is 0 Å². The van der Waals surface area contributed by atoms with E-state index in [4.69, 9.17) is 27.9 Å². The molecule has 4 aromatic rings. The third-order valence-electron chi connectivity index (χ3n) is 6.37. The van der Waals surface area contributed by atoms with Gasteiger partial charge in [0.25, 0.3) is 0 Å². The van der Waals surface area contributed by atoms with Gasteiger partial charge >= 0.3 is 0 Å². The molecule has 3 nitrogen and oxygen atoms in total.